The molecule has 0 bridgehead atoms. The fourth-order valence-corrected chi connectivity index (χ4v) is 3.54. The highest BCUT2D eigenvalue weighted by Gasteiger charge is 2.33. The number of aryl methyl sites for hydroxylation is 1. The molecule has 0 spiro atoms. The molecule has 2 rings (SSSR count). The first kappa shape index (κ1) is 21.0. The zero-order valence-corrected chi connectivity index (χ0v) is 16.8. The first-order chi connectivity index (χ1) is 12.6. The first-order valence-corrected chi connectivity index (χ1v) is 9.22. The van der Waals surface area contributed by atoms with Gasteiger partial charge in [0.1, 0.15) is 0 Å². The maximum absolute atomic E-state index is 13.0. The third-order valence-electron chi connectivity index (χ3n) is 5.18. The second-order valence-corrected chi connectivity index (χ2v) is 7.60. The predicted molar refractivity (Wildman–Crippen MR) is 102 cm³/mol. The van der Waals surface area contributed by atoms with Gasteiger partial charge in [-0.25, -0.2) is 4.79 Å². The number of nitrogens with zero attached hydrogens (tertiary/aromatic N) is 2. The van der Waals surface area contributed by atoms with E-state index < -0.39 is 5.60 Å². The van der Waals surface area contributed by atoms with Crippen molar-refractivity contribution >= 4 is 17.7 Å². The molecule has 1 aliphatic rings. The third kappa shape index (κ3) is 4.68. The summed E-state index contributed by atoms with van der Waals surface area (Å²) in [5, 5.41) is 13.5. The average Bonchev–Trinajstić information content (AvgIpc) is 2.77. The number of urea groups is 1. The Kier molecular flexibility index (Phi) is 6.30. The summed E-state index contributed by atoms with van der Waals surface area (Å²) in [7, 11) is 3.29. The van der Waals surface area contributed by atoms with E-state index in [1.54, 1.807) is 32.8 Å². The van der Waals surface area contributed by atoms with Crippen LogP contribution in [-0.4, -0.2) is 76.9 Å². The number of carbonyl (C=O) groups excluding carboxylic acids is 3. The highest BCUT2D eigenvalue weighted by molar-refractivity contribution is 6.02. The zero-order valence-electron chi connectivity index (χ0n) is 16.8. The van der Waals surface area contributed by atoms with Crippen molar-refractivity contribution in [2.45, 2.75) is 45.6 Å². The third-order valence-corrected chi connectivity index (χ3v) is 5.18. The van der Waals surface area contributed by atoms with Gasteiger partial charge in [0.25, 0.3) is 5.91 Å². The quantitative estimate of drug-likeness (QED) is 0.690. The number of hydrogen-bond acceptors (Lipinski definition) is 4. The molecule has 0 saturated carbocycles. The Labute approximate surface area is 159 Å². The molecule has 1 atom stereocenters. The summed E-state index contributed by atoms with van der Waals surface area (Å²) in [6, 6.07) is -0.254. The lowest BCUT2D eigenvalue weighted by molar-refractivity contribution is 0.0271. The molecule has 2 heterocycles. The molecule has 0 aliphatic carbocycles. The number of hydrogen-bond donors (Lipinski definition) is 3. The molecule has 150 valence electrons. The van der Waals surface area contributed by atoms with E-state index in [0.29, 0.717) is 54.9 Å². The minimum atomic E-state index is -1.03. The zero-order chi connectivity index (χ0) is 20.4. The van der Waals surface area contributed by atoms with E-state index in [-0.39, 0.29) is 24.3 Å². The maximum atomic E-state index is 13.0. The van der Waals surface area contributed by atoms with Crippen molar-refractivity contribution in [3.8, 4) is 0 Å². The van der Waals surface area contributed by atoms with Crippen LogP contribution in [0, 0.1) is 13.8 Å². The van der Waals surface area contributed by atoms with Crippen molar-refractivity contribution in [1.82, 2.24) is 20.1 Å². The standard InChI is InChI=1S/C19H30N4O4/c1-12-15(13(2)21-16(12)14(3)24)17(25)23-9-6-7-19(27,8-10-23)11-20-18(26)22(4)5/h21,27H,6-11H2,1-5H3,(H,20,26)/t19-/m0/s1. The van der Waals surface area contributed by atoms with Crippen LogP contribution in [0.1, 0.15) is 58.3 Å². The predicted octanol–water partition coefficient (Wildman–Crippen LogP) is 1.46. The number of Topliss-reactive ketones (excluding diaryl/α,β-unsaturated/α-hetero) is 1. The minimum Gasteiger partial charge on any atom is -0.388 e. The molecule has 1 saturated heterocycles. The molecule has 3 N–H and O–H groups in total. The first-order valence-electron chi connectivity index (χ1n) is 9.22. The Hall–Kier alpha value is -2.35. The molecule has 1 aromatic heterocycles. The molecule has 0 aromatic carbocycles. The average molecular weight is 378 g/mol. The van der Waals surface area contributed by atoms with Crippen LogP contribution in [0.4, 0.5) is 4.79 Å². The Bertz CT molecular complexity index is 740. The number of nitrogens with one attached hydrogen (secondary N) is 2. The number of carbonyl (C=O) groups is 3. The summed E-state index contributed by atoms with van der Waals surface area (Å²) in [6.07, 6.45) is 1.53. The highest BCUT2D eigenvalue weighted by Crippen LogP contribution is 2.25. The van der Waals surface area contributed by atoms with E-state index in [1.807, 2.05) is 0 Å². The van der Waals surface area contributed by atoms with E-state index >= 15 is 0 Å². The van der Waals surface area contributed by atoms with Crippen LogP contribution in [0.3, 0.4) is 0 Å². The van der Waals surface area contributed by atoms with Gasteiger partial charge in [-0.05, 0) is 38.7 Å². The SMILES string of the molecule is CC(=O)c1[nH]c(C)c(C(=O)N2CCC[C@@](O)(CNC(=O)N(C)C)CC2)c1C. The Morgan fingerprint density at radius 2 is 1.89 bits per heavy atom. The van der Waals surface area contributed by atoms with Crippen LogP contribution >= 0.6 is 0 Å². The van der Waals surface area contributed by atoms with Gasteiger partial charge < -0.3 is 25.2 Å². The number of rotatable bonds is 4. The summed E-state index contributed by atoms with van der Waals surface area (Å²) < 4.78 is 0. The molecule has 0 unspecified atom stereocenters. The summed E-state index contributed by atoms with van der Waals surface area (Å²) in [5.74, 6) is -0.230. The number of aliphatic hydroxyl groups is 1. The number of ketones is 1. The van der Waals surface area contributed by atoms with Gasteiger partial charge in [0, 0.05) is 46.3 Å². The second-order valence-electron chi connectivity index (χ2n) is 7.60. The molecule has 27 heavy (non-hydrogen) atoms. The summed E-state index contributed by atoms with van der Waals surface area (Å²) >= 11 is 0. The second kappa shape index (κ2) is 8.12. The molecule has 8 heteroatoms. The lowest BCUT2D eigenvalue weighted by Crippen LogP contribution is -2.46. The lowest BCUT2D eigenvalue weighted by atomic mass is 9.95. The summed E-state index contributed by atoms with van der Waals surface area (Å²) in [6.45, 7) is 6.12. The van der Waals surface area contributed by atoms with Crippen LogP contribution in [-0.2, 0) is 0 Å². The van der Waals surface area contributed by atoms with Crippen LogP contribution in [0.25, 0.3) is 0 Å². The van der Waals surface area contributed by atoms with Gasteiger partial charge >= 0.3 is 6.03 Å². The Morgan fingerprint density at radius 3 is 2.44 bits per heavy atom. The van der Waals surface area contributed by atoms with Crippen LogP contribution in [0.5, 0.6) is 0 Å². The highest BCUT2D eigenvalue weighted by atomic mass is 16.3. The van der Waals surface area contributed by atoms with Crippen molar-refractivity contribution in [2.75, 3.05) is 33.7 Å². The van der Waals surface area contributed by atoms with Crippen molar-refractivity contribution in [2.24, 2.45) is 0 Å². The van der Waals surface area contributed by atoms with E-state index in [9.17, 15) is 19.5 Å². The minimum absolute atomic E-state index is 0.100. The number of aromatic nitrogens is 1. The maximum Gasteiger partial charge on any atom is 0.316 e. The molecule has 0 radical (unpaired) electrons. The number of aromatic amines is 1. The van der Waals surface area contributed by atoms with E-state index in [1.165, 1.54) is 11.8 Å². The monoisotopic (exact) mass is 378 g/mol. The van der Waals surface area contributed by atoms with E-state index in [2.05, 4.69) is 10.3 Å². The number of likely N-dealkylation sites (tertiary alicyclic amines) is 1. The summed E-state index contributed by atoms with van der Waals surface area (Å²) in [5.41, 5.74) is 1.32. The topological polar surface area (TPSA) is 106 Å². The van der Waals surface area contributed by atoms with Gasteiger partial charge in [-0.15, -0.1) is 0 Å². The number of amides is 3. The van der Waals surface area contributed by atoms with Crippen molar-refractivity contribution in [1.29, 1.82) is 0 Å². The van der Waals surface area contributed by atoms with Crippen LogP contribution in [0.2, 0.25) is 0 Å². The fourth-order valence-electron chi connectivity index (χ4n) is 3.54. The van der Waals surface area contributed by atoms with Gasteiger partial charge in [0.2, 0.25) is 0 Å². The fraction of sp³-hybridized carbons (Fsp3) is 0.632. The van der Waals surface area contributed by atoms with E-state index in [4.69, 9.17) is 0 Å². The van der Waals surface area contributed by atoms with Crippen molar-refractivity contribution in [3.63, 3.8) is 0 Å². The van der Waals surface area contributed by atoms with E-state index in [0.717, 1.165) is 0 Å². The summed E-state index contributed by atoms with van der Waals surface area (Å²) in [4.78, 5) is 42.6. The van der Waals surface area contributed by atoms with Crippen LogP contribution < -0.4 is 5.32 Å². The lowest BCUT2D eigenvalue weighted by Gasteiger charge is -2.28. The normalized spacial score (nSPS) is 20.1. The Balaban J connectivity index is 2.09. The van der Waals surface area contributed by atoms with Crippen molar-refractivity contribution < 1.29 is 19.5 Å². The van der Waals surface area contributed by atoms with Crippen LogP contribution in [0.15, 0.2) is 0 Å². The molecule has 1 aliphatic heterocycles. The molecular formula is C19H30N4O4. The molecule has 8 nitrogen and oxygen atoms in total. The Morgan fingerprint density at radius 1 is 1.22 bits per heavy atom. The van der Waals surface area contributed by atoms with Crippen molar-refractivity contribution in [3.05, 3.63) is 22.5 Å². The van der Waals surface area contributed by atoms with Gasteiger partial charge in [-0.1, -0.05) is 0 Å². The number of H-pyrrole nitrogens is 1. The molecule has 3 amide bonds. The van der Waals surface area contributed by atoms with Gasteiger partial charge in [0.15, 0.2) is 5.78 Å². The largest absolute Gasteiger partial charge is 0.388 e. The molecular weight excluding hydrogens is 348 g/mol. The van der Waals surface area contributed by atoms with Gasteiger partial charge in [0.05, 0.1) is 16.9 Å². The smallest absolute Gasteiger partial charge is 0.316 e. The molecule has 1 aromatic rings. The molecule has 1 fully saturated rings. The van der Waals surface area contributed by atoms with Gasteiger partial charge in [-0.2, -0.15) is 0 Å². The van der Waals surface area contributed by atoms with Gasteiger partial charge in [-0.3, -0.25) is 9.59 Å².